The molecule has 1 heterocycles. The summed E-state index contributed by atoms with van der Waals surface area (Å²) in [6, 6.07) is 0. The minimum atomic E-state index is -0.514. The molecule has 1 aliphatic heterocycles. The van der Waals surface area contributed by atoms with Crippen molar-refractivity contribution in [1.29, 1.82) is 0 Å². The highest BCUT2D eigenvalue weighted by atomic mass is 16.8. The maximum atomic E-state index is 4.76. The lowest BCUT2D eigenvalue weighted by atomic mass is 10.5. The Morgan fingerprint density at radius 2 is 1.75 bits per heavy atom. The maximum Gasteiger partial charge on any atom is 0.270 e. The lowest BCUT2D eigenvalue weighted by Gasteiger charge is -2.08. The van der Waals surface area contributed by atoms with Crippen molar-refractivity contribution in [2.75, 3.05) is 27.9 Å². The highest BCUT2D eigenvalue weighted by Gasteiger charge is 1.96. The number of methoxy groups -OCH3 is 3. The third-order valence-corrected chi connectivity index (χ3v) is 1.17. The third-order valence-electron chi connectivity index (χ3n) is 1.17. The smallest absolute Gasteiger partial charge is 0.270 e. The van der Waals surface area contributed by atoms with Crippen molar-refractivity contribution in [3.8, 4) is 0 Å². The van der Waals surface area contributed by atoms with E-state index in [2.05, 4.69) is 14.2 Å². The summed E-state index contributed by atoms with van der Waals surface area (Å²) in [7, 11) is 4.53. The largest absolute Gasteiger partial charge is 0.501 e. The maximum absolute atomic E-state index is 4.76. The predicted molar refractivity (Wildman–Crippen MR) is 44.5 cm³/mol. The average Bonchev–Trinajstić information content (AvgIpc) is 2.64. The quantitative estimate of drug-likeness (QED) is 0.604. The molecule has 1 rings (SSSR count). The molecule has 0 atom stereocenters. The van der Waals surface area contributed by atoms with Crippen LogP contribution in [-0.4, -0.2) is 34.4 Å². The third kappa shape index (κ3) is 6.15. The summed E-state index contributed by atoms with van der Waals surface area (Å²) in [4.78, 5) is 0. The van der Waals surface area contributed by atoms with Crippen LogP contribution in [-0.2, 0) is 18.9 Å². The summed E-state index contributed by atoms with van der Waals surface area (Å²) in [6.45, 7) is 0.375. The summed E-state index contributed by atoms with van der Waals surface area (Å²) < 4.78 is 18.6. The van der Waals surface area contributed by atoms with E-state index in [0.29, 0.717) is 0 Å². The molecule has 0 aromatic heterocycles. The lowest BCUT2D eigenvalue weighted by Crippen LogP contribution is -2.14. The minimum Gasteiger partial charge on any atom is -0.501 e. The van der Waals surface area contributed by atoms with E-state index in [1.807, 2.05) is 6.08 Å². The number of ether oxygens (including phenoxy) is 4. The molecule has 0 saturated heterocycles. The van der Waals surface area contributed by atoms with Crippen LogP contribution in [0.1, 0.15) is 6.42 Å². The van der Waals surface area contributed by atoms with E-state index in [9.17, 15) is 0 Å². The van der Waals surface area contributed by atoms with E-state index in [4.69, 9.17) is 4.74 Å². The van der Waals surface area contributed by atoms with Crippen LogP contribution in [0.2, 0.25) is 0 Å². The molecule has 12 heavy (non-hydrogen) atoms. The van der Waals surface area contributed by atoms with E-state index in [1.54, 1.807) is 6.26 Å². The van der Waals surface area contributed by atoms with Crippen LogP contribution < -0.4 is 0 Å². The first kappa shape index (κ1) is 11.4. The number of hydrogen-bond acceptors (Lipinski definition) is 4. The Morgan fingerprint density at radius 1 is 1.17 bits per heavy atom. The first-order chi connectivity index (χ1) is 5.85. The number of hydrogen-bond donors (Lipinski definition) is 0. The molecule has 4 heteroatoms. The van der Waals surface area contributed by atoms with Gasteiger partial charge in [-0.25, -0.2) is 0 Å². The number of rotatable bonds is 3. The molecule has 0 N–H and O–H groups in total. The van der Waals surface area contributed by atoms with Gasteiger partial charge in [0.2, 0.25) is 0 Å². The molecule has 72 valence electrons. The van der Waals surface area contributed by atoms with Gasteiger partial charge in [0, 0.05) is 27.8 Å². The van der Waals surface area contributed by atoms with Gasteiger partial charge in [0.05, 0.1) is 12.9 Å². The fraction of sp³-hybridized carbons (Fsp3) is 0.750. The van der Waals surface area contributed by atoms with Crippen molar-refractivity contribution in [2.45, 2.75) is 12.9 Å². The highest BCUT2D eigenvalue weighted by Crippen LogP contribution is 1.93. The Kier molecular flexibility index (Phi) is 8.10. The fourth-order valence-electron chi connectivity index (χ4n) is 0.629. The summed E-state index contributed by atoms with van der Waals surface area (Å²) in [5, 5.41) is 0. The van der Waals surface area contributed by atoms with E-state index >= 15 is 0 Å². The van der Waals surface area contributed by atoms with Gasteiger partial charge in [-0.05, 0) is 6.08 Å². The van der Waals surface area contributed by atoms with Gasteiger partial charge in [-0.15, -0.1) is 0 Å². The van der Waals surface area contributed by atoms with Crippen molar-refractivity contribution in [2.24, 2.45) is 0 Å². The van der Waals surface area contributed by atoms with E-state index < -0.39 is 6.48 Å². The molecular weight excluding hydrogens is 160 g/mol. The van der Waals surface area contributed by atoms with Crippen LogP contribution in [0.4, 0.5) is 0 Å². The molecule has 0 fully saturated rings. The topological polar surface area (TPSA) is 36.9 Å². The van der Waals surface area contributed by atoms with Gasteiger partial charge in [0.15, 0.2) is 0 Å². The molecule has 4 nitrogen and oxygen atoms in total. The predicted octanol–water partition coefficient (Wildman–Crippen LogP) is 1.13. The van der Waals surface area contributed by atoms with E-state index in [-0.39, 0.29) is 0 Å². The molecule has 0 amide bonds. The van der Waals surface area contributed by atoms with E-state index in [1.165, 1.54) is 21.3 Å². The molecule has 0 aromatic carbocycles. The molecule has 0 aromatic rings. The average molecular weight is 176 g/mol. The van der Waals surface area contributed by atoms with Gasteiger partial charge in [0.1, 0.15) is 0 Å². The van der Waals surface area contributed by atoms with Crippen LogP contribution >= 0.6 is 0 Å². The van der Waals surface area contributed by atoms with Crippen LogP contribution in [0.3, 0.4) is 0 Å². The first-order valence-electron chi connectivity index (χ1n) is 3.70. The fourth-order valence-corrected chi connectivity index (χ4v) is 0.629. The second kappa shape index (κ2) is 8.52. The monoisotopic (exact) mass is 176 g/mol. The molecule has 0 radical (unpaired) electrons. The minimum absolute atomic E-state index is 0.514. The van der Waals surface area contributed by atoms with Crippen molar-refractivity contribution in [3.05, 3.63) is 12.3 Å². The van der Waals surface area contributed by atoms with Gasteiger partial charge >= 0.3 is 0 Å². The Labute approximate surface area is 73.1 Å². The lowest BCUT2D eigenvalue weighted by molar-refractivity contribution is -0.252. The summed E-state index contributed by atoms with van der Waals surface area (Å²) in [5.41, 5.74) is 0. The Bertz CT molecular complexity index is 98.1. The first-order valence-corrected chi connectivity index (χ1v) is 3.70. The molecule has 0 unspecified atom stereocenters. The van der Waals surface area contributed by atoms with Gasteiger partial charge in [-0.3, -0.25) is 0 Å². The van der Waals surface area contributed by atoms with Gasteiger partial charge in [-0.2, -0.15) is 0 Å². The second-order valence-electron chi connectivity index (χ2n) is 2.03. The Morgan fingerprint density at radius 3 is 1.83 bits per heavy atom. The summed E-state index contributed by atoms with van der Waals surface area (Å²) in [6.07, 6.45) is 4.85. The van der Waals surface area contributed by atoms with Gasteiger partial charge in [0.25, 0.3) is 6.48 Å². The standard InChI is InChI=1S/C4H10O3.C4H6O/c1-5-4(6-2)7-3;1-2-4-5-3-1/h4H,1-3H3;1,3H,2,4H2. The normalized spacial score (nSPS) is 14.0. The van der Waals surface area contributed by atoms with Crippen LogP contribution in [0.5, 0.6) is 0 Å². The zero-order valence-corrected chi connectivity index (χ0v) is 7.78. The van der Waals surface area contributed by atoms with E-state index in [0.717, 1.165) is 13.0 Å². The van der Waals surface area contributed by atoms with Crippen molar-refractivity contribution < 1.29 is 18.9 Å². The SMILES string of the molecule is C1=COCC1.COC(OC)OC. The Balaban J connectivity index is 0.000000211. The molecule has 0 aliphatic carbocycles. The second-order valence-corrected chi connectivity index (χ2v) is 2.03. The summed E-state index contributed by atoms with van der Waals surface area (Å²) >= 11 is 0. The van der Waals surface area contributed by atoms with Crippen LogP contribution in [0, 0.1) is 0 Å². The van der Waals surface area contributed by atoms with Crippen molar-refractivity contribution in [3.63, 3.8) is 0 Å². The molecule has 1 aliphatic rings. The molecule has 0 bridgehead atoms. The van der Waals surface area contributed by atoms with Gasteiger partial charge < -0.3 is 18.9 Å². The van der Waals surface area contributed by atoms with Crippen LogP contribution in [0.15, 0.2) is 12.3 Å². The van der Waals surface area contributed by atoms with Crippen molar-refractivity contribution in [1.82, 2.24) is 0 Å². The summed E-state index contributed by atoms with van der Waals surface area (Å²) in [5.74, 6) is 0. The molecule has 0 saturated carbocycles. The zero-order chi connectivity index (χ0) is 9.23. The van der Waals surface area contributed by atoms with Crippen molar-refractivity contribution >= 4 is 0 Å². The zero-order valence-electron chi connectivity index (χ0n) is 7.78. The van der Waals surface area contributed by atoms with Crippen LogP contribution in [0.25, 0.3) is 0 Å². The molecule has 0 spiro atoms. The molecular formula is C8H16O4. The Hall–Kier alpha value is -0.580. The van der Waals surface area contributed by atoms with Gasteiger partial charge in [-0.1, -0.05) is 0 Å². The highest BCUT2D eigenvalue weighted by molar-refractivity contribution is 4.78.